The van der Waals surface area contributed by atoms with Crippen LogP contribution in [0.15, 0.2) is 47.5 Å². The topological polar surface area (TPSA) is 30.2 Å². The molecule has 1 saturated heterocycles. The largest absolute Gasteiger partial charge is 0.343 e. The van der Waals surface area contributed by atoms with Crippen LogP contribution in [0.25, 0.3) is 10.9 Å². The lowest BCUT2D eigenvalue weighted by molar-refractivity contribution is 0.0119. The average molecular weight is 426 g/mol. The number of pyridine rings is 1. The highest BCUT2D eigenvalue weighted by Crippen LogP contribution is 2.26. The van der Waals surface area contributed by atoms with E-state index in [0.29, 0.717) is 41.6 Å². The molecule has 0 radical (unpaired) electrons. The van der Waals surface area contributed by atoms with Crippen LogP contribution < -0.4 is 5.56 Å². The summed E-state index contributed by atoms with van der Waals surface area (Å²) in [6.45, 7) is 1.52. The minimum Gasteiger partial charge on any atom is -0.343 e. The van der Waals surface area contributed by atoms with Gasteiger partial charge in [0, 0.05) is 45.0 Å². The number of benzene rings is 1. The molecule has 1 aromatic carbocycles. The van der Waals surface area contributed by atoms with Crippen LogP contribution in [0.1, 0.15) is 12.0 Å². The number of likely N-dealkylation sites (tertiary alicyclic amines) is 1. The Bertz CT molecular complexity index is 1080. The molecule has 1 fully saturated rings. The van der Waals surface area contributed by atoms with E-state index in [1.165, 1.54) is 0 Å². The minimum atomic E-state index is -2.61. The van der Waals surface area contributed by atoms with Crippen LogP contribution in [0.3, 0.4) is 0 Å². The molecule has 0 aliphatic carbocycles. The molecule has 0 unspecified atom stereocenters. The van der Waals surface area contributed by atoms with E-state index in [2.05, 4.69) is 0 Å². The maximum absolute atomic E-state index is 13.3. The summed E-state index contributed by atoms with van der Waals surface area (Å²) in [4.78, 5) is 14.5. The molecule has 3 aromatic rings. The quantitative estimate of drug-likeness (QED) is 0.602. The summed E-state index contributed by atoms with van der Waals surface area (Å²) in [5.41, 5.74) is 1.68. The third kappa shape index (κ3) is 3.95. The Kier molecular flexibility index (Phi) is 5.21. The zero-order valence-electron chi connectivity index (χ0n) is 15.0. The number of aromatic nitrogens is 2. The van der Waals surface area contributed by atoms with Crippen molar-refractivity contribution in [1.82, 2.24) is 14.0 Å². The van der Waals surface area contributed by atoms with Crippen molar-refractivity contribution in [2.24, 2.45) is 0 Å². The van der Waals surface area contributed by atoms with Gasteiger partial charge in [-0.15, -0.1) is 0 Å². The molecule has 4 rings (SSSR count). The summed E-state index contributed by atoms with van der Waals surface area (Å²) in [5.74, 6) is -2.61. The standard InChI is InChI=1S/C20H19Cl2F2N3O/c21-16-2-1-14(11-17(16)22)12-27-6-3-15-18(27)4-7-26(19(15)28)10-9-25-8-5-20(23,24)13-25/h1-4,6-7,11H,5,8-10,12-13H2. The number of fused-ring (bicyclic) bond motifs is 1. The molecule has 0 N–H and O–H groups in total. The number of rotatable bonds is 5. The Morgan fingerprint density at radius 2 is 1.79 bits per heavy atom. The van der Waals surface area contributed by atoms with Crippen molar-refractivity contribution in [3.8, 4) is 0 Å². The van der Waals surface area contributed by atoms with Gasteiger partial charge in [0.2, 0.25) is 0 Å². The van der Waals surface area contributed by atoms with E-state index >= 15 is 0 Å². The summed E-state index contributed by atoms with van der Waals surface area (Å²) < 4.78 is 30.2. The molecule has 0 amide bonds. The fraction of sp³-hybridized carbons (Fsp3) is 0.350. The van der Waals surface area contributed by atoms with Gasteiger partial charge in [-0.2, -0.15) is 0 Å². The molecule has 8 heteroatoms. The van der Waals surface area contributed by atoms with Crippen LogP contribution in [0.2, 0.25) is 10.0 Å². The maximum Gasteiger partial charge on any atom is 0.261 e. The summed E-state index contributed by atoms with van der Waals surface area (Å²) in [6.07, 6.45) is 3.47. The second-order valence-corrected chi connectivity index (χ2v) is 8.00. The van der Waals surface area contributed by atoms with Crippen LogP contribution in [-0.4, -0.2) is 39.6 Å². The van der Waals surface area contributed by atoms with E-state index < -0.39 is 5.92 Å². The first-order chi connectivity index (χ1) is 13.3. The normalized spacial score (nSPS) is 16.9. The predicted octanol–water partition coefficient (Wildman–Crippen LogP) is 4.50. The number of halogens is 4. The zero-order chi connectivity index (χ0) is 19.9. The number of hydrogen-bond donors (Lipinski definition) is 0. The molecule has 2 aromatic heterocycles. The van der Waals surface area contributed by atoms with Crippen molar-refractivity contribution in [2.45, 2.75) is 25.4 Å². The lowest BCUT2D eigenvalue weighted by atomic mass is 10.2. The van der Waals surface area contributed by atoms with Crippen molar-refractivity contribution in [3.05, 3.63) is 68.7 Å². The van der Waals surface area contributed by atoms with Gasteiger partial charge < -0.3 is 9.13 Å². The molecule has 0 atom stereocenters. The zero-order valence-corrected chi connectivity index (χ0v) is 16.6. The van der Waals surface area contributed by atoms with Gasteiger partial charge in [-0.05, 0) is 29.8 Å². The van der Waals surface area contributed by atoms with Gasteiger partial charge >= 0.3 is 0 Å². The van der Waals surface area contributed by atoms with Crippen LogP contribution in [0.5, 0.6) is 0 Å². The summed E-state index contributed by atoms with van der Waals surface area (Å²) >= 11 is 12.0. The van der Waals surface area contributed by atoms with E-state index in [-0.39, 0.29) is 18.5 Å². The highest BCUT2D eigenvalue weighted by atomic mass is 35.5. The Labute approximate surface area is 170 Å². The minimum absolute atomic E-state index is 0.113. The van der Waals surface area contributed by atoms with Crippen molar-refractivity contribution in [1.29, 1.82) is 0 Å². The average Bonchev–Trinajstić information content (AvgIpc) is 3.21. The van der Waals surface area contributed by atoms with Crippen molar-refractivity contribution in [2.75, 3.05) is 19.6 Å². The monoisotopic (exact) mass is 425 g/mol. The van der Waals surface area contributed by atoms with Crippen molar-refractivity contribution < 1.29 is 8.78 Å². The van der Waals surface area contributed by atoms with Crippen LogP contribution in [-0.2, 0) is 13.1 Å². The SMILES string of the molecule is O=c1c2ccn(Cc3ccc(Cl)c(Cl)c3)c2ccn1CCN1CCC(F)(F)C1. The second-order valence-electron chi connectivity index (χ2n) is 7.19. The van der Waals surface area contributed by atoms with Gasteiger partial charge in [-0.25, -0.2) is 8.78 Å². The maximum atomic E-state index is 13.3. The fourth-order valence-corrected chi connectivity index (χ4v) is 3.95. The smallest absolute Gasteiger partial charge is 0.261 e. The van der Waals surface area contributed by atoms with Gasteiger partial charge in [0.25, 0.3) is 11.5 Å². The van der Waals surface area contributed by atoms with E-state index in [9.17, 15) is 13.6 Å². The Hall–Kier alpha value is -1.89. The van der Waals surface area contributed by atoms with E-state index in [1.807, 2.05) is 29.0 Å². The number of hydrogen-bond acceptors (Lipinski definition) is 2. The molecule has 148 valence electrons. The molecule has 1 aliphatic heterocycles. The summed E-state index contributed by atoms with van der Waals surface area (Å²) in [7, 11) is 0. The molecule has 0 spiro atoms. The van der Waals surface area contributed by atoms with Crippen LogP contribution in [0.4, 0.5) is 8.78 Å². The van der Waals surface area contributed by atoms with Gasteiger partial charge in [-0.3, -0.25) is 9.69 Å². The lowest BCUT2D eigenvalue weighted by Gasteiger charge is -2.16. The van der Waals surface area contributed by atoms with Gasteiger partial charge in [0.1, 0.15) is 0 Å². The predicted molar refractivity (Wildman–Crippen MR) is 108 cm³/mol. The van der Waals surface area contributed by atoms with Crippen LogP contribution in [0, 0.1) is 0 Å². The fourth-order valence-electron chi connectivity index (χ4n) is 3.63. The molecule has 4 nitrogen and oxygen atoms in total. The Morgan fingerprint density at radius 3 is 2.50 bits per heavy atom. The van der Waals surface area contributed by atoms with E-state index in [1.54, 1.807) is 27.8 Å². The van der Waals surface area contributed by atoms with Gasteiger partial charge in [0.15, 0.2) is 0 Å². The Morgan fingerprint density at radius 1 is 1.00 bits per heavy atom. The highest BCUT2D eigenvalue weighted by molar-refractivity contribution is 6.42. The second kappa shape index (κ2) is 7.50. The summed E-state index contributed by atoms with van der Waals surface area (Å²) in [6, 6.07) is 9.12. The van der Waals surface area contributed by atoms with E-state index in [4.69, 9.17) is 23.2 Å². The third-order valence-corrected chi connectivity index (χ3v) is 5.89. The molecular formula is C20H19Cl2F2N3O. The first-order valence-electron chi connectivity index (χ1n) is 9.05. The lowest BCUT2D eigenvalue weighted by Crippen LogP contribution is -2.31. The first-order valence-corrected chi connectivity index (χ1v) is 9.80. The van der Waals surface area contributed by atoms with Gasteiger partial charge in [0.05, 0.1) is 27.5 Å². The first kappa shape index (κ1) is 19.4. The third-order valence-electron chi connectivity index (χ3n) is 5.15. The molecule has 28 heavy (non-hydrogen) atoms. The molecule has 1 aliphatic rings. The molecular weight excluding hydrogens is 407 g/mol. The highest BCUT2D eigenvalue weighted by Gasteiger charge is 2.37. The van der Waals surface area contributed by atoms with Crippen molar-refractivity contribution >= 4 is 34.1 Å². The van der Waals surface area contributed by atoms with E-state index in [0.717, 1.165) is 11.1 Å². The summed E-state index contributed by atoms with van der Waals surface area (Å²) in [5, 5.41) is 1.60. The molecule has 0 saturated carbocycles. The van der Waals surface area contributed by atoms with Crippen LogP contribution >= 0.6 is 23.2 Å². The van der Waals surface area contributed by atoms with Gasteiger partial charge in [-0.1, -0.05) is 29.3 Å². The molecule has 3 heterocycles. The van der Waals surface area contributed by atoms with Crippen molar-refractivity contribution in [3.63, 3.8) is 0 Å². The Balaban J connectivity index is 1.52. The molecule has 0 bridgehead atoms. The number of alkyl halides is 2. The number of nitrogens with zero attached hydrogens (tertiary/aromatic N) is 3.